The van der Waals surface area contributed by atoms with Gasteiger partial charge in [-0.3, -0.25) is 0 Å². The second-order valence-electron chi connectivity index (χ2n) is 4.44. The Labute approximate surface area is 120 Å². The Morgan fingerprint density at radius 3 is 2.84 bits per heavy atom. The molecule has 2 N–H and O–H groups in total. The molecule has 0 saturated carbocycles. The van der Waals surface area contributed by atoms with E-state index in [0.29, 0.717) is 11.8 Å². The van der Waals surface area contributed by atoms with Crippen molar-refractivity contribution in [2.24, 2.45) is 5.73 Å². The Balaban J connectivity index is 2.10. The minimum atomic E-state index is 0.0716. The van der Waals surface area contributed by atoms with Gasteiger partial charge in [-0.05, 0) is 37.1 Å². The van der Waals surface area contributed by atoms with Gasteiger partial charge in [0.05, 0.1) is 0 Å². The summed E-state index contributed by atoms with van der Waals surface area (Å²) in [5.41, 5.74) is 6.90. The van der Waals surface area contributed by atoms with Crippen molar-refractivity contribution >= 4 is 15.9 Å². The molecule has 102 valence electrons. The van der Waals surface area contributed by atoms with Crippen molar-refractivity contribution in [3.63, 3.8) is 0 Å². The number of halogens is 1. The summed E-state index contributed by atoms with van der Waals surface area (Å²) in [7, 11) is 0. The summed E-state index contributed by atoms with van der Waals surface area (Å²) >= 11 is 3.45. The highest BCUT2D eigenvalue weighted by atomic mass is 79.9. The molecular weight excluding hydrogens is 310 g/mol. The highest BCUT2D eigenvalue weighted by Crippen LogP contribution is 2.25. The van der Waals surface area contributed by atoms with Gasteiger partial charge in [-0.25, -0.2) is 0 Å². The molecule has 0 amide bonds. The average molecular weight is 326 g/mol. The summed E-state index contributed by atoms with van der Waals surface area (Å²) < 4.78 is 12.0. The average Bonchev–Trinajstić information content (AvgIpc) is 2.73. The maximum absolute atomic E-state index is 5.84. The largest absolute Gasteiger partial charge is 0.484 e. The standard InChI is InChI=1S/C13H16BrN3O2/c1-8(15)5-10-6-11(14)3-4-12(10)18-7-13-17-16-9(2)19-13/h3-4,6,8H,5,7,15H2,1-2H3. The first-order chi connectivity index (χ1) is 9.04. The first-order valence-corrected chi connectivity index (χ1v) is 6.79. The van der Waals surface area contributed by atoms with E-state index in [1.54, 1.807) is 6.92 Å². The number of hydrogen-bond acceptors (Lipinski definition) is 5. The normalized spacial score (nSPS) is 12.4. The van der Waals surface area contributed by atoms with E-state index in [1.165, 1.54) is 0 Å². The van der Waals surface area contributed by atoms with E-state index < -0.39 is 0 Å². The molecule has 1 atom stereocenters. The van der Waals surface area contributed by atoms with Gasteiger partial charge in [0.25, 0.3) is 5.89 Å². The van der Waals surface area contributed by atoms with Crippen molar-refractivity contribution < 1.29 is 9.15 Å². The van der Waals surface area contributed by atoms with Gasteiger partial charge >= 0.3 is 0 Å². The van der Waals surface area contributed by atoms with Crippen molar-refractivity contribution in [2.75, 3.05) is 0 Å². The smallest absolute Gasteiger partial charge is 0.253 e. The molecule has 0 bridgehead atoms. The number of nitrogens with zero attached hydrogens (tertiary/aromatic N) is 2. The van der Waals surface area contributed by atoms with Gasteiger partial charge in [-0.1, -0.05) is 15.9 Å². The van der Waals surface area contributed by atoms with E-state index in [-0.39, 0.29) is 12.6 Å². The van der Waals surface area contributed by atoms with Crippen LogP contribution in [0, 0.1) is 6.92 Å². The van der Waals surface area contributed by atoms with Crippen LogP contribution in [0.15, 0.2) is 27.1 Å². The molecule has 1 heterocycles. The van der Waals surface area contributed by atoms with Gasteiger partial charge in [0.15, 0.2) is 6.61 Å². The van der Waals surface area contributed by atoms with Gasteiger partial charge in [-0.2, -0.15) is 0 Å². The zero-order chi connectivity index (χ0) is 13.8. The fraction of sp³-hybridized carbons (Fsp3) is 0.385. The lowest BCUT2D eigenvalue weighted by Gasteiger charge is -2.12. The van der Waals surface area contributed by atoms with Crippen LogP contribution in [0.5, 0.6) is 5.75 Å². The minimum Gasteiger partial charge on any atom is -0.484 e. The van der Waals surface area contributed by atoms with Crippen LogP contribution in [-0.2, 0) is 13.0 Å². The van der Waals surface area contributed by atoms with Crippen molar-refractivity contribution in [3.05, 3.63) is 40.0 Å². The third-order valence-corrected chi connectivity index (χ3v) is 2.98. The van der Waals surface area contributed by atoms with Crippen LogP contribution in [0.4, 0.5) is 0 Å². The molecule has 0 aliphatic heterocycles. The van der Waals surface area contributed by atoms with Gasteiger partial charge in [-0.15, -0.1) is 10.2 Å². The predicted molar refractivity (Wildman–Crippen MR) is 74.9 cm³/mol. The third-order valence-electron chi connectivity index (χ3n) is 2.48. The van der Waals surface area contributed by atoms with E-state index in [1.807, 2.05) is 25.1 Å². The molecule has 0 aliphatic carbocycles. The first-order valence-electron chi connectivity index (χ1n) is 6.00. The van der Waals surface area contributed by atoms with E-state index >= 15 is 0 Å². The maximum atomic E-state index is 5.84. The topological polar surface area (TPSA) is 74.2 Å². The second-order valence-corrected chi connectivity index (χ2v) is 5.35. The van der Waals surface area contributed by atoms with Gasteiger partial charge in [0.1, 0.15) is 5.75 Å². The van der Waals surface area contributed by atoms with Crippen molar-refractivity contribution in [2.45, 2.75) is 32.9 Å². The summed E-state index contributed by atoms with van der Waals surface area (Å²) in [5, 5.41) is 7.65. The third kappa shape index (κ3) is 4.04. The number of rotatable bonds is 5. The van der Waals surface area contributed by atoms with Gasteiger partial charge in [0, 0.05) is 17.4 Å². The van der Waals surface area contributed by atoms with Crippen molar-refractivity contribution in [1.82, 2.24) is 10.2 Å². The molecule has 2 rings (SSSR count). The van der Waals surface area contributed by atoms with Crippen LogP contribution >= 0.6 is 15.9 Å². The van der Waals surface area contributed by atoms with E-state index in [2.05, 4.69) is 26.1 Å². The van der Waals surface area contributed by atoms with Crippen LogP contribution in [0.3, 0.4) is 0 Å². The molecule has 19 heavy (non-hydrogen) atoms. The Morgan fingerprint density at radius 1 is 1.42 bits per heavy atom. The molecule has 0 fully saturated rings. The monoisotopic (exact) mass is 325 g/mol. The summed E-state index contributed by atoms with van der Waals surface area (Å²) in [6.45, 7) is 3.97. The second kappa shape index (κ2) is 6.16. The minimum absolute atomic E-state index is 0.0716. The first kappa shape index (κ1) is 14.0. The number of hydrogen-bond donors (Lipinski definition) is 1. The molecule has 0 spiro atoms. The zero-order valence-electron chi connectivity index (χ0n) is 10.9. The molecule has 1 aromatic carbocycles. The zero-order valence-corrected chi connectivity index (χ0v) is 12.5. The molecule has 5 nitrogen and oxygen atoms in total. The summed E-state index contributed by atoms with van der Waals surface area (Å²) in [6.07, 6.45) is 0.748. The molecule has 1 unspecified atom stereocenters. The molecule has 6 heteroatoms. The maximum Gasteiger partial charge on any atom is 0.253 e. The summed E-state index contributed by atoms with van der Waals surface area (Å²) in [6, 6.07) is 5.92. The number of nitrogens with two attached hydrogens (primary N) is 1. The summed E-state index contributed by atoms with van der Waals surface area (Å²) in [5.74, 6) is 1.79. The van der Waals surface area contributed by atoms with Crippen LogP contribution in [0.2, 0.25) is 0 Å². The molecule has 0 radical (unpaired) electrons. The lowest BCUT2D eigenvalue weighted by Crippen LogP contribution is -2.18. The highest BCUT2D eigenvalue weighted by Gasteiger charge is 2.09. The fourth-order valence-electron chi connectivity index (χ4n) is 1.73. The number of ether oxygens (including phenoxy) is 1. The number of aromatic nitrogens is 2. The van der Waals surface area contributed by atoms with Crippen molar-refractivity contribution in [1.29, 1.82) is 0 Å². The van der Waals surface area contributed by atoms with Gasteiger partial charge < -0.3 is 14.9 Å². The van der Waals surface area contributed by atoms with E-state index in [4.69, 9.17) is 14.9 Å². The number of aryl methyl sites for hydroxylation is 1. The predicted octanol–water partition coefficient (Wildman–Crippen LogP) is 2.61. The highest BCUT2D eigenvalue weighted by molar-refractivity contribution is 9.10. The Kier molecular flexibility index (Phi) is 4.55. The Morgan fingerprint density at radius 2 is 2.21 bits per heavy atom. The molecule has 1 aromatic heterocycles. The lowest BCUT2D eigenvalue weighted by atomic mass is 10.1. The van der Waals surface area contributed by atoms with Crippen LogP contribution in [0.25, 0.3) is 0 Å². The molecule has 2 aromatic rings. The van der Waals surface area contributed by atoms with Gasteiger partial charge in [0.2, 0.25) is 5.89 Å². The van der Waals surface area contributed by atoms with Crippen LogP contribution in [-0.4, -0.2) is 16.2 Å². The Hall–Kier alpha value is -1.40. The molecule has 0 saturated heterocycles. The van der Waals surface area contributed by atoms with Crippen LogP contribution < -0.4 is 10.5 Å². The molecular formula is C13H16BrN3O2. The Bertz CT molecular complexity index is 555. The van der Waals surface area contributed by atoms with Crippen molar-refractivity contribution in [3.8, 4) is 5.75 Å². The number of benzene rings is 1. The SMILES string of the molecule is Cc1nnc(COc2ccc(Br)cc2CC(C)N)o1. The van der Waals surface area contributed by atoms with E-state index in [9.17, 15) is 0 Å². The fourth-order valence-corrected chi connectivity index (χ4v) is 2.14. The van der Waals surface area contributed by atoms with Crippen LogP contribution in [0.1, 0.15) is 24.3 Å². The summed E-state index contributed by atoms with van der Waals surface area (Å²) in [4.78, 5) is 0. The molecule has 0 aliphatic rings. The quantitative estimate of drug-likeness (QED) is 0.914. The lowest BCUT2D eigenvalue weighted by molar-refractivity contribution is 0.258. The van der Waals surface area contributed by atoms with E-state index in [0.717, 1.165) is 22.2 Å².